The van der Waals surface area contributed by atoms with Crippen LogP contribution in [0.5, 0.6) is 0 Å². The van der Waals surface area contributed by atoms with E-state index in [2.05, 4.69) is 10.4 Å². The minimum Gasteiger partial charge on any atom is -0.305 e. The van der Waals surface area contributed by atoms with E-state index in [-0.39, 0.29) is 32.9 Å². The van der Waals surface area contributed by atoms with E-state index >= 15 is 0 Å². The molecule has 1 aromatic heterocycles. The molecule has 1 saturated heterocycles. The van der Waals surface area contributed by atoms with E-state index in [0.29, 0.717) is 24.3 Å². The maximum absolute atomic E-state index is 13.1. The van der Waals surface area contributed by atoms with Gasteiger partial charge in [0, 0.05) is 24.8 Å². The molecule has 198 valence electrons. The zero-order valence-corrected chi connectivity index (χ0v) is 22.0. The Morgan fingerprint density at radius 1 is 1.05 bits per heavy atom. The number of hydrogen-bond donors (Lipinski definition) is 1. The molecule has 7 nitrogen and oxygen atoms in total. The number of halogens is 5. The lowest BCUT2D eigenvalue weighted by atomic mass is 10.1. The number of benzene rings is 2. The summed E-state index contributed by atoms with van der Waals surface area (Å²) in [6.45, 7) is 2.47. The summed E-state index contributed by atoms with van der Waals surface area (Å²) in [5, 5.41) is 6.70. The van der Waals surface area contributed by atoms with E-state index in [0.717, 1.165) is 37.5 Å². The normalized spacial score (nSPS) is 15.1. The van der Waals surface area contributed by atoms with Crippen LogP contribution in [-0.4, -0.2) is 41.5 Å². The Hall–Kier alpha value is -2.60. The van der Waals surface area contributed by atoms with Crippen LogP contribution in [0.3, 0.4) is 0 Å². The Bertz CT molecular complexity index is 1440. The first-order valence-corrected chi connectivity index (χ1v) is 13.6. The molecule has 1 N–H and O–H groups in total. The maximum Gasteiger partial charge on any atom is 0.416 e. The predicted molar refractivity (Wildman–Crippen MR) is 135 cm³/mol. The van der Waals surface area contributed by atoms with E-state index in [1.165, 1.54) is 21.1 Å². The SMILES string of the molecule is Cc1cc(NC(=O)c2cc(S(=O)(=O)N3CCCCC3)c(Cl)cc2Cl)nn1Cc1cccc(C(F)(F)F)c1. The van der Waals surface area contributed by atoms with E-state index in [1.807, 2.05) is 0 Å². The van der Waals surface area contributed by atoms with Gasteiger partial charge in [0.2, 0.25) is 10.0 Å². The number of carbonyl (C=O) groups is 1. The van der Waals surface area contributed by atoms with Crippen molar-refractivity contribution in [3.05, 3.63) is 74.9 Å². The number of rotatable bonds is 6. The molecule has 0 unspecified atom stereocenters. The number of nitrogens with zero attached hydrogens (tertiary/aromatic N) is 3. The number of nitrogens with one attached hydrogen (secondary N) is 1. The molecular formula is C24H23Cl2F3N4O3S. The second kappa shape index (κ2) is 10.6. The van der Waals surface area contributed by atoms with Crippen molar-refractivity contribution in [3.63, 3.8) is 0 Å². The van der Waals surface area contributed by atoms with Gasteiger partial charge in [0.15, 0.2) is 5.82 Å². The summed E-state index contributed by atoms with van der Waals surface area (Å²) in [6.07, 6.45) is -2.05. The number of piperidine rings is 1. The molecule has 4 rings (SSSR count). The van der Waals surface area contributed by atoms with Crippen LogP contribution in [0.2, 0.25) is 10.0 Å². The van der Waals surface area contributed by atoms with Crippen LogP contribution in [0.15, 0.2) is 47.4 Å². The third-order valence-electron chi connectivity index (χ3n) is 6.01. The number of alkyl halides is 3. The van der Waals surface area contributed by atoms with Crippen molar-refractivity contribution in [1.82, 2.24) is 14.1 Å². The van der Waals surface area contributed by atoms with Gasteiger partial charge in [-0.3, -0.25) is 9.48 Å². The van der Waals surface area contributed by atoms with Gasteiger partial charge in [-0.2, -0.15) is 22.6 Å². The molecule has 2 heterocycles. The van der Waals surface area contributed by atoms with Crippen LogP contribution in [0.4, 0.5) is 19.0 Å². The summed E-state index contributed by atoms with van der Waals surface area (Å²) >= 11 is 12.4. The summed E-state index contributed by atoms with van der Waals surface area (Å²) in [5.41, 5.74) is 0.0956. The number of hydrogen-bond acceptors (Lipinski definition) is 4. The third-order valence-corrected chi connectivity index (χ3v) is 8.68. The molecule has 2 aromatic carbocycles. The monoisotopic (exact) mass is 574 g/mol. The van der Waals surface area contributed by atoms with Crippen molar-refractivity contribution < 1.29 is 26.4 Å². The summed E-state index contributed by atoms with van der Waals surface area (Å²) in [4.78, 5) is 12.8. The number of amides is 1. The number of aromatic nitrogens is 2. The van der Waals surface area contributed by atoms with Gasteiger partial charge < -0.3 is 5.32 Å². The quantitative estimate of drug-likeness (QED) is 0.391. The van der Waals surface area contributed by atoms with Crippen LogP contribution in [0.1, 0.15) is 46.4 Å². The van der Waals surface area contributed by atoms with Gasteiger partial charge in [0.25, 0.3) is 5.91 Å². The number of aryl methyl sites for hydroxylation is 1. The van der Waals surface area contributed by atoms with Gasteiger partial charge >= 0.3 is 6.18 Å². The van der Waals surface area contributed by atoms with E-state index in [4.69, 9.17) is 23.2 Å². The molecule has 0 bridgehead atoms. The van der Waals surface area contributed by atoms with Crippen LogP contribution < -0.4 is 5.32 Å². The molecule has 37 heavy (non-hydrogen) atoms. The van der Waals surface area contributed by atoms with Crippen molar-refractivity contribution in [3.8, 4) is 0 Å². The Balaban J connectivity index is 1.56. The highest BCUT2D eigenvalue weighted by Gasteiger charge is 2.31. The van der Waals surface area contributed by atoms with Crippen molar-refractivity contribution in [2.45, 2.75) is 43.8 Å². The standard InChI is InChI=1S/C24H23Cl2F3N4O3S/c1-15-10-22(31-33(15)14-16-6-5-7-17(11-16)24(27,28)29)30-23(34)18-12-21(20(26)13-19(18)25)37(35,36)32-8-3-2-4-9-32/h5-7,10-13H,2-4,8-9,14H2,1H3,(H,30,31,34). The fourth-order valence-electron chi connectivity index (χ4n) is 4.08. The molecule has 0 aliphatic carbocycles. The Kier molecular flexibility index (Phi) is 7.89. The van der Waals surface area contributed by atoms with Gasteiger partial charge in [0.1, 0.15) is 4.90 Å². The van der Waals surface area contributed by atoms with E-state index in [1.54, 1.807) is 19.1 Å². The highest BCUT2D eigenvalue weighted by Crippen LogP contribution is 2.33. The molecule has 1 amide bonds. The molecule has 0 radical (unpaired) electrons. The number of sulfonamides is 1. The van der Waals surface area contributed by atoms with Crippen LogP contribution in [-0.2, 0) is 22.7 Å². The number of carbonyl (C=O) groups excluding carboxylic acids is 1. The van der Waals surface area contributed by atoms with Crippen molar-refractivity contribution in [2.75, 3.05) is 18.4 Å². The maximum atomic E-state index is 13.1. The highest BCUT2D eigenvalue weighted by molar-refractivity contribution is 7.89. The second-order valence-corrected chi connectivity index (χ2v) is 11.4. The summed E-state index contributed by atoms with van der Waals surface area (Å²) in [5.74, 6) is -0.582. The molecule has 13 heteroatoms. The summed E-state index contributed by atoms with van der Waals surface area (Å²) in [7, 11) is -3.93. The van der Waals surface area contributed by atoms with Crippen LogP contribution in [0, 0.1) is 6.92 Å². The number of anilines is 1. The first kappa shape index (κ1) is 27.4. The van der Waals surface area contributed by atoms with Gasteiger partial charge in [0.05, 0.1) is 27.7 Å². The van der Waals surface area contributed by atoms with Gasteiger partial charge in [-0.05, 0) is 49.6 Å². The fraction of sp³-hybridized carbons (Fsp3) is 0.333. The van der Waals surface area contributed by atoms with Gasteiger partial charge in [-0.1, -0.05) is 41.8 Å². The first-order valence-electron chi connectivity index (χ1n) is 11.4. The van der Waals surface area contributed by atoms with E-state index < -0.39 is 27.7 Å². The fourth-order valence-corrected chi connectivity index (χ4v) is 6.43. The van der Waals surface area contributed by atoms with E-state index in [9.17, 15) is 26.4 Å². The molecule has 1 aliphatic heterocycles. The molecule has 3 aromatic rings. The molecule has 0 atom stereocenters. The lowest BCUT2D eigenvalue weighted by molar-refractivity contribution is -0.137. The topological polar surface area (TPSA) is 84.3 Å². The molecular weight excluding hydrogens is 552 g/mol. The molecule has 0 spiro atoms. The van der Waals surface area contributed by atoms with Crippen molar-refractivity contribution in [2.24, 2.45) is 0 Å². The lowest BCUT2D eigenvalue weighted by Crippen LogP contribution is -2.35. The third kappa shape index (κ3) is 6.11. The summed E-state index contributed by atoms with van der Waals surface area (Å²) < 4.78 is 68.2. The zero-order valence-electron chi connectivity index (χ0n) is 19.6. The highest BCUT2D eigenvalue weighted by atomic mass is 35.5. The zero-order chi connectivity index (χ0) is 27.0. The average molecular weight is 575 g/mol. The second-order valence-electron chi connectivity index (χ2n) is 8.71. The Labute approximate surface area is 222 Å². The molecule has 0 saturated carbocycles. The summed E-state index contributed by atoms with van der Waals surface area (Å²) in [6, 6.07) is 8.80. The van der Waals surface area contributed by atoms with Crippen molar-refractivity contribution in [1.29, 1.82) is 0 Å². The molecule has 1 aliphatic rings. The predicted octanol–water partition coefficient (Wildman–Crippen LogP) is 5.99. The van der Waals surface area contributed by atoms with Gasteiger partial charge in [-0.25, -0.2) is 8.42 Å². The Morgan fingerprint density at radius 2 is 1.76 bits per heavy atom. The molecule has 1 fully saturated rings. The smallest absolute Gasteiger partial charge is 0.305 e. The lowest BCUT2D eigenvalue weighted by Gasteiger charge is -2.26. The van der Waals surface area contributed by atoms with Crippen molar-refractivity contribution >= 4 is 45.0 Å². The van der Waals surface area contributed by atoms with Gasteiger partial charge in [-0.15, -0.1) is 0 Å². The average Bonchev–Trinajstić information content (AvgIpc) is 3.17. The van der Waals surface area contributed by atoms with Crippen LogP contribution >= 0.6 is 23.2 Å². The minimum atomic E-state index is -4.47. The largest absolute Gasteiger partial charge is 0.416 e. The minimum absolute atomic E-state index is 0.0415. The van der Waals surface area contributed by atoms with Crippen LogP contribution in [0.25, 0.3) is 0 Å². The first-order chi connectivity index (χ1) is 17.4. The Morgan fingerprint density at radius 3 is 2.43 bits per heavy atom.